The van der Waals surface area contributed by atoms with Gasteiger partial charge in [-0.2, -0.15) is 0 Å². The Morgan fingerprint density at radius 2 is 2.00 bits per heavy atom. The molecular weight excluding hydrogens is 256 g/mol. The van der Waals surface area contributed by atoms with Crippen LogP contribution in [0, 0.1) is 0 Å². The summed E-state index contributed by atoms with van der Waals surface area (Å²) in [5.41, 5.74) is 7.88. The minimum atomic E-state index is 0.0476. The second-order valence-corrected chi connectivity index (χ2v) is 5.42. The van der Waals surface area contributed by atoms with Crippen LogP contribution in [0.25, 0.3) is 10.2 Å². The molecule has 0 aliphatic heterocycles. The third-order valence-corrected chi connectivity index (χ3v) is 3.89. The fourth-order valence-corrected chi connectivity index (χ4v) is 2.91. The molecule has 4 heteroatoms. The molecule has 1 heterocycles. The first-order chi connectivity index (χ1) is 9.22. The highest BCUT2D eigenvalue weighted by Gasteiger charge is 2.11. The van der Waals surface area contributed by atoms with Crippen LogP contribution in [0.3, 0.4) is 0 Å². The molecule has 0 unspecified atom stereocenters. The van der Waals surface area contributed by atoms with Gasteiger partial charge in [-0.3, -0.25) is 4.79 Å². The van der Waals surface area contributed by atoms with Gasteiger partial charge in [0.2, 0.25) is 0 Å². The minimum absolute atomic E-state index is 0.0476. The first-order valence-corrected chi connectivity index (χ1v) is 6.77. The van der Waals surface area contributed by atoms with Crippen molar-refractivity contribution in [3.8, 4) is 0 Å². The van der Waals surface area contributed by atoms with Crippen molar-refractivity contribution in [3.63, 3.8) is 0 Å². The number of ketones is 1. The van der Waals surface area contributed by atoms with Crippen molar-refractivity contribution >= 4 is 33.0 Å². The number of Topliss-reactive ketones (excluding diaryl/α,β-unsaturated/α-hetero) is 1. The van der Waals surface area contributed by atoms with Gasteiger partial charge in [0.1, 0.15) is 5.01 Å². The highest BCUT2D eigenvalue weighted by atomic mass is 32.1. The van der Waals surface area contributed by atoms with Crippen molar-refractivity contribution in [2.75, 3.05) is 5.73 Å². The van der Waals surface area contributed by atoms with E-state index in [1.807, 2.05) is 24.3 Å². The summed E-state index contributed by atoms with van der Waals surface area (Å²) < 4.78 is 1.11. The van der Waals surface area contributed by atoms with Gasteiger partial charge in [0, 0.05) is 11.3 Å². The first-order valence-electron chi connectivity index (χ1n) is 5.95. The summed E-state index contributed by atoms with van der Waals surface area (Å²) in [5.74, 6) is 0.0476. The SMILES string of the molecule is Nc1cccc(C(=O)Cc2nc3ccccc3s2)c1. The summed E-state index contributed by atoms with van der Waals surface area (Å²) >= 11 is 1.56. The van der Waals surface area contributed by atoms with E-state index in [4.69, 9.17) is 5.73 Å². The molecule has 0 saturated heterocycles. The van der Waals surface area contributed by atoms with Crippen molar-refractivity contribution in [2.45, 2.75) is 6.42 Å². The fourth-order valence-electron chi connectivity index (χ4n) is 1.95. The molecule has 2 N–H and O–H groups in total. The maximum atomic E-state index is 12.2. The maximum Gasteiger partial charge on any atom is 0.169 e. The van der Waals surface area contributed by atoms with Crippen molar-refractivity contribution in [2.24, 2.45) is 0 Å². The average Bonchev–Trinajstić information content (AvgIpc) is 2.80. The lowest BCUT2D eigenvalue weighted by molar-refractivity contribution is 0.0993. The summed E-state index contributed by atoms with van der Waals surface area (Å²) in [6, 6.07) is 15.0. The van der Waals surface area contributed by atoms with E-state index in [1.165, 1.54) is 0 Å². The van der Waals surface area contributed by atoms with Gasteiger partial charge in [-0.25, -0.2) is 4.98 Å². The van der Waals surface area contributed by atoms with Gasteiger partial charge >= 0.3 is 0 Å². The van der Waals surface area contributed by atoms with Crippen LogP contribution in [-0.4, -0.2) is 10.8 Å². The lowest BCUT2D eigenvalue weighted by atomic mass is 10.1. The number of anilines is 1. The van der Waals surface area contributed by atoms with Crippen LogP contribution in [0.1, 0.15) is 15.4 Å². The molecule has 1 aromatic heterocycles. The molecule has 3 nitrogen and oxygen atoms in total. The lowest BCUT2D eigenvalue weighted by Gasteiger charge is -1.99. The highest BCUT2D eigenvalue weighted by molar-refractivity contribution is 7.18. The third-order valence-electron chi connectivity index (χ3n) is 2.86. The van der Waals surface area contributed by atoms with Crippen molar-refractivity contribution in [1.29, 1.82) is 0 Å². The fraction of sp³-hybridized carbons (Fsp3) is 0.0667. The molecule has 0 spiro atoms. The van der Waals surface area contributed by atoms with Gasteiger partial charge in [-0.05, 0) is 24.3 Å². The van der Waals surface area contributed by atoms with Crippen molar-refractivity contribution in [3.05, 3.63) is 59.1 Å². The Morgan fingerprint density at radius 1 is 1.16 bits per heavy atom. The topological polar surface area (TPSA) is 56.0 Å². The number of carbonyl (C=O) groups is 1. The standard InChI is InChI=1S/C15H12N2OS/c16-11-5-3-4-10(8-11)13(18)9-15-17-12-6-1-2-7-14(12)19-15/h1-8H,9,16H2. The quantitative estimate of drug-likeness (QED) is 0.585. The summed E-state index contributed by atoms with van der Waals surface area (Å²) in [6.07, 6.45) is 0.322. The summed E-state index contributed by atoms with van der Waals surface area (Å²) in [4.78, 5) is 16.6. The van der Waals surface area contributed by atoms with E-state index in [-0.39, 0.29) is 5.78 Å². The van der Waals surface area contributed by atoms with E-state index >= 15 is 0 Å². The lowest BCUT2D eigenvalue weighted by Crippen LogP contribution is -2.03. The number of fused-ring (bicyclic) bond motifs is 1. The summed E-state index contributed by atoms with van der Waals surface area (Å²) in [5, 5.41) is 0.841. The number of aromatic nitrogens is 1. The molecule has 0 saturated carbocycles. The zero-order chi connectivity index (χ0) is 13.2. The van der Waals surface area contributed by atoms with E-state index in [9.17, 15) is 4.79 Å². The van der Waals surface area contributed by atoms with E-state index in [1.54, 1.807) is 35.6 Å². The molecule has 0 bridgehead atoms. The molecule has 0 atom stereocenters. The molecule has 3 aromatic rings. The number of nitrogens with zero attached hydrogens (tertiary/aromatic N) is 1. The number of benzene rings is 2. The van der Waals surface area contributed by atoms with Crippen molar-refractivity contribution in [1.82, 2.24) is 4.98 Å². The Hall–Kier alpha value is -2.20. The molecule has 0 amide bonds. The van der Waals surface area contributed by atoms with Crippen LogP contribution in [0.15, 0.2) is 48.5 Å². The maximum absolute atomic E-state index is 12.2. The van der Waals surface area contributed by atoms with E-state index in [0.717, 1.165) is 15.2 Å². The van der Waals surface area contributed by atoms with Crippen LogP contribution >= 0.6 is 11.3 Å². The number of para-hydroxylation sites is 1. The molecule has 0 aliphatic carbocycles. The number of hydrogen-bond donors (Lipinski definition) is 1. The monoisotopic (exact) mass is 268 g/mol. The van der Waals surface area contributed by atoms with E-state index in [2.05, 4.69) is 4.98 Å². The highest BCUT2D eigenvalue weighted by Crippen LogP contribution is 2.22. The van der Waals surface area contributed by atoms with Crippen LogP contribution in [0.4, 0.5) is 5.69 Å². The van der Waals surface area contributed by atoms with Crippen LogP contribution < -0.4 is 5.73 Å². The van der Waals surface area contributed by atoms with E-state index in [0.29, 0.717) is 17.7 Å². The van der Waals surface area contributed by atoms with Gasteiger partial charge in [0.25, 0.3) is 0 Å². The van der Waals surface area contributed by atoms with Crippen LogP contribution in [0.2, 0.25) is 0 Å². The number of nitrogen functional groups attached to an aromatic ring is 1. The Labute approximate surface area is 114 Å². The molecule has 19 heavy (non-hydrogen) atoms. The Bertz CT molecular complexity index is 715. The smallest absolute Gasteiger partial charge is 0.169 e. The molecule has 0 aliphatic rings. The number of rotatable bonds is 3. The Balaban J connectivity index is 1.86. The van der Waals surface area contributed by atoms with Crippen molar-refractivity contribution < 1.29 is 4.79 Å². The number of hydrogen-bond acceptors (Lipinski definition) is 4. The Morgan fingerprint density at radius 3 is 2.79 bits per heavy atom. The molecule has 2 aromatic carbocycles. The third kappa shape index (κ3) is 2.48. The molecule has 0 fully saturated rings. The summed E-state index contributed by atoms with van der Waals surface area (Å²) in [7, 11) is 0. The van der Waals surface area contributed by atoms with Crippen LogP contribution in [0.5, 0.6) is 0 Å². The summed E-state index contributed by atoms with van der Waals surface area (Å²) in [6.45, 7) is 0. The second kappa shape index (κ2) is 4.82. The molecule has 0 radical (unpaired) electrons. The predicted octanol–water partition coefficient (Wildman–Crippen LogP) is 3.30. The number of thiazole rings is 1. The average molecular weight is 268 g/mol. The van der Waals surface area contributed by atoms with E-state index < -0.39 is 0 Å². The van der Waals surface area contributed by atoms with Gasteiger partial charge in [-0.1, -0.05) is 24.3 Å². The van der Waals surface area contributed by atoms with Gasteiger partial charge < -0.3 is 5.73 Å². The zero-order valence-electron chi connectivity index (χ0n) is 10.2. The minimum Gasteiger partial charge on any atom is -0.399 e. The number of carbonyl (C=O) groups excluding carboxylic acids is 1. The second-order valence-electron chi connectivity index (χ2n) is 4.30. The largest absolute Gasteiger partial charge is 0.399 e. The number of nitrogens with two attached hydrogens (primary N) is 1. The van der Waals surface area contributed by atoms with Gasteiger partial charge in [-0.15, -0.1) is 11.3 Å². The molecule has 94 valence electrons. The zero-order valence-corrected chi connectivity index (χ0v) is 11.0. The first kappa shape index (κ1) is 11.9. The van der Waals surface area contributed by atoms with Gasteiger partial charge in [0.15, 0.2) is 5.78 Å². The Kier molecular flexibility index (Phi) is 3.01. The van der Waals surface area contributed by atoms with Gasteiger partial charge in [0.05, 0.1) is 16.6 Å². The molecular formula is C15H12N2OS. The predicted molar refractivity (Wildman–Crippen MR) is 78.5 cm³/mol. The normalized spacial score (nSPS) is 10.7. The molecule has 3 rings (SSSR count). The van der Waals surface area contributed by atoms with Crippen LogP contribution in [-0.2, 0) is 6.42 Å².